The molecule has 90 valence electrons. The maximum Gasteiger partial charge on any atom is 0.213 e. The number of aromatic amines is 1. The molecule has 0 saturated carbocycles. The van der Waals surface area contributed by atoms with Gasteiger partial charge in [0.25, 0.3) is 0 Å². The molecule has 0 unspecified atom stereocenters. The molecule has 5 heteroatoms. The van der Waals surface area contributed by atoms with Gasteiger partial charge in [0.15, 0.2) is 5.82 Å². The van der Waals surface area contributed by atoms with Gasteiger partial charge in [-0.25, -0.2) is 9.37 Å². The Kier molecular flexibility index (Phi) is 2.44. The van der Waals surface area contributed by atoms with Crippen molar-refractivity contribution in [2.75, 3.05) is 7.11 Å². The minimum Gasteiger partial charge on any atom is -0.481 e. The molecule has 1 N–H and O–H groups in total. The van der Waals surface area contributed by atoms with Crippen LogP contribution in [0.3, 0.4) is 0 Å². The molecule has 3 rings (SSSR count). The average molecular weight is 243 g/mol. The number of benzene rings is 1. The van der Waals surface area contributed by atoms with Crippen LogP contribution in [0.15, 0.2) is 36.5 Å². The van der Waals surface area contributed by atoms with Crippen molar-refractivity contribution in [2.45, 2.75) is 0 Å². The molecule has 0 aliphatic heterocycles. The Morgan fingerprint density at radius 1 is 1.28 bits per heavy atom. The van der Waals surface area contributed by atoms with Crippen LogP contribution in [-0.4, -0.2) is 22.3 Å². The van der Waals surface area contributed by atoms with E-state index in [4.69, 9.17) is 4.74 Å². The topological polar surface area (TPSA) is 50.8 Å². The van der Waals surface area contributed by atoms with Gasteiger partial charge in [0.1, 0.15) is 5.52 Å². The van der Waals surface area contributed by atoms with Crippen molar-refractivity contribution in [3.05, 3.63) is 42.3 Å². The van der Waals surface area contributed by atoms with Crippen LogP contribution in [-0.2, 0) is 0 Å². The van der Waals surface area contributed by atoms with E-state index < -0.39 is 0 Å². The number of nitrogens with zero attached hydrogens (tertiary/aromatic N) is 2. The first-order valence-electron chi connectivity index (χ1n) is 5.42. The van der Waals surface area contributed by atoms with E-state index in [0.717, 1.165) is 16.6 Å². The minimum absolute atomic E-state index is 0.336. The zero-order valence-electron chi connectivity index (χ0n) is 9.64. The number of aromatic nitrogens is 3. The summed E-state index contributed by atoms with van der Waals surface area (Å²) >= 11 is 0. The average Bonchev–Trinajstić information content (AvgIpc) is 2.84. The largest absolute Gasteiger partial charge is 0.481 e. The van der Waals surface area contributed by atoms with Crippen molar-refractivity contribution in [1.82, 2.24) is 15.2 Å². The van der Waals surface area contributed by atoms with Crippen LogP contribution in [0.25, 0.3) is 22.2 Å². The van der Waals surface area contributed by atoms with E-state index in [9.17, 15) is 4.39 Å². The van der Waals surface area contributed by atoms with Gasteiger partial charge >= 0.3 is 0 Å². The monoisotopic (exact) mass is 243 g/mol. The van der Waals surface area contributed by atoms with Crippen LogP contribution < -0.4 is 4.74 Å². The van der Waals surface area contributed by atoms with Crippen molar-refractivity contribution in [3.8, 4) is 17.1 Å². The second-order valence-corrected chi connectivity index (χ2v) is 3.82. The molecular weight excluding hydrogens is 233 g/mol. The number of ether oxygens (including phenoxy) is 1. The first kappa shape index (κ1) is 10.7. The Labute approximate surface area is 102 Å². The van der Waals surface area contributed by atoms with E-state index in [2.05, 4.69) is 15.2 Å². The molecule has 0 aliphatic rings. The van der Waals surface area contributed by atoms with E-state index in [-0.39, 0.29) is 5.82 Å². The molecule has 0 fully saturated rings. The lowest BCUT2D eigenvalue weighted by Gasteiger charge is -2.01. The second kappa shape index (κ2) is 4.10. The molecular formula is C13H10FN3O. The minimum atomic E-state index is -0.337. The molecule has 0 saturated heterocycles. The Bertz CT molecular complexity index is 708. The molecule has 0 atom stereocenters. The molecule has 2 heterocycles. The smallest absolute Gasteiger partial charge is 0.213 e. The van der Waals surface area contributed by atoms with E-state index in [0.29, 0.717) is 11.4 Å². The van der Waals surface area contributed by atoms with Crippen molar-refractivity contribution in [3.63, 3.8) is 0 Å². The van der Waals surface area contributed by atoms with Crippen molar-refractivity contribution >= 4 is 10.9 Å². The van der Waals surface area contributed by atoms with E-state index in [1.54, 1.807) is 25.4 Å². The summed E-state index contributed by atoms with van der Waals surface area (Å²) in [5, 5.41) is 7.58. The fraction of sp³-hybridized carbons (Fsp3) is 0.0769. The number of hydrogen-bond donors (Lipinski definition) is 1. The summed E-state index contributed by atoms with van der Waals surface area (Å²) in [4.78, 5) is 4.03. The predicted molar refractivity (Wildman–Crippen MR) is 65.8 cm³/mol. The Morgan fingerprint density at radius 3 is 3.00 bits per heavy atom. The number of fused-ring (bicyclic) bond motifs is 1. The molecule has 0 bridgehead atoms. The van der Waals surface area contributed by atoms with Crippen LogP contribution >= 0.6 is 0 Å². The highest BCUT2D eigenvalue weighted by molar-refractivity contribution is 5.93. The third-order valence-corrected chi connectivity index (χ3v) is 2.77. The second-order valence-electron chi connectivity index (χ2n) is 3.82. The third kappa shape index (κ3) is 1.60. The maximum absolute atomic E-state index is 13.5. The number of H-pyrrole nitrogens is 1. The lowest BCUT2D eigenvalue weighted by Crippen LogP contribution is -1.87. The van der Waals surface area contributed by atoms with E-state index in [1.807, 2.05) is 12.1 Å². The van der Waals surface area contributed by atoms with Gasteiger partial charge < -0.3 is 4.74 Å². The molecule has 2 aromatic heterocycles. The van der Waals surface area contributed by atoms with Gasteiger partial charge in [0, 0.05) is 23.2 Å². The normalized spacial score (nSPS) is 10.8. The van der Waals surface area contributed by atoms with Crippen molar-refractivity contribution in [1.29, 1.82) is 0 Å². The highest BCUT2D eigenvalue weighted by atomic mass is 19.1. The lowest BCUT2D eigenvalue weighted by molar-refractivity contribution is 0.398. The fourth-order valence-corrected chi connectivity index (χ4v) is 1.90. The van der Waals surface area contributed by atoms with Crippen LogP contribution in [0.5, 0.6) is 5.88 Å². The number of pyridine rings is 1. The Balaban J connectivity index is 2.22. The van der Waals surface area contributed by atoms with Crippen LogP contribution in [0.2, 0.25) is 0 Å². The summed E-state index contributed by atoms with van der Waals surface area (Å²) in [6, 6.07) is 8.47. The summed E-state index contributed by atoms with van der Waals surface area (Å²) in [5.41, 5.74) is 1.95. The number of methoxy groups -OCH3 is 1. The van der Waals surface area contributed by atoms with Gasteiger partial charge in [-0.15, -0.1) is 0 Å². The van der Waals surface area contributed by atoms with Gasteiger partial charge in [0.05, 0.1) is 12.8 Å². The molecule has 0 spiro atoms. The third-order valence-electron chi connectivity index (χ3n) is 2.77. The number of nitrogens with one attached hydrogen (secondary N) is 1. The van der Waals surface area contributed by atoms with Crippen molar-refractivity contribution < 1.29 is 9.13 Å². The Morgan fingerprint density at radius 2 is 2.17 bits per heavy atom. The lowest BCUT2D eigenvalue weighted by atomic mass is 10.1. The molecule has 3 aromatic rings. The first-order valence-corrected chi connectivity index (χ1v) is 5.42. The van der Waals surface area contributed by atoms with Crippen LogP contribution in [0.4, 0.5) is 4.39 Å². The van der Waals surface area contributed by atoms with E-state index >= 15 is 0 Å². The first-order chi connectivity index (χ1) is 8.79. The number of rotatable bonds is 2. The molecule has 0 radical (unpaired) electrons. The fourth-order valence-electron chi connectivity index (χ4n) is 1.90. The summed E-state index contributed by atoms with van der Waals surface area (Å²) in [5.74, 6) is 0.169. The summed E-state index contributed by atoms with van der Waals surface area (Å²) in [7, 11) is 1.55. The zero-order valence-corrected chi connectivity index (χ0v) is 9.64. The molecule has 4 nitrogen and oxygen atoms in total. The molecule has 0 amide bonds. The SMILES string of the molecule is COc1cc(-c2[nH]nc3c(F)cccc23)ccn1. The highest BCUT2D eigenvalue weighted by Crippen LogP contribution is 2.28. The van der Waals surface area contributed by atoms with Crippen LogP contribution in [0, 0.1) is 5.82 Å². The summed E-state index contributed by atoms with van der Waals surface area (Å²) in [6.07, 6.45) is 1.64. The van der Waals surface area contributed by atoms with E-state index in [1.165, 1.54) is 6.07 Å². The highest BCUT2D eigenvalue weighted by Gasteiger charge is 2.11. The zero-order chi connectivity index (χ0) is 12.5. The summed E-state index contributed by atoms with van der Waals surface area (Å²) in [6.45, 7) is 0. The molecule has 1 aromatic carbocycles. The van der Waals surface area contributed by atoms with Gasteiger partial charge in [-0.2, -0.15) is 5.10 Å². The van der Waals surface area contributed by atoms with Crippen LogP contribution in [0.1, 0.15) is 0 Å². The number of para-hydroxylation sites is 1. The maximum atomic E-state index is 13.5. The van der Waals surface area contributed by atoms with Crippen molar-refractivity contribution in [2.24, 2.45) is 0 Å². The predicted octanol–water partition coefficient (Wildman–Crippen LogP) is 2.77. The summed E-state index contributed by atoms with van der Waals surface area (Å²) < 4.78 is 18.6. The quantitative estimate of drug-likeness (QED) is 0.753. The van der Waals surface area contributed by atoms with Gasteiger partial charge in [-0.05, 0) is 12.1 Å². The number of halogens is 1. The molecule has 0 aliphatic carbocycles. The number of hydrogen-bond acceptors (Lipinski definition) is 3. The van der Waals surface area contributed by atoms with Gasteiger partial charge in [-0.3, -0.25) is 5.10 Å². The standard InChI is InChI=1S/C13H10FN3O/c1-18-11-7-8(5-6-15-11)12-9-3-2-4-10(14)13(9)17-16-12/h2-7H,1H3,(H,16,17). The van der Waals surface area contributed by atoms with Gasteiger partial charge in [-0.1, -0.05) is 12.1 Å². The van der Waals surface area contributed by atoms with Gasteiger partial charge in [0.2, 0.25) is 5.88 Å². The molecule has 18 heavy (non-hydrogen) atoms. The Hall–Kier alpha value is -2.43.